The van der Waals surface area contributed by atoms with Crippen molar-refractivity contribution in [1.29, 1.82) is 5.26 Å². The number of benzene rings is 1. The van der Waals surface area contributed by atoms with Crippen LogP contribution in [0.5, 0.6) is 5.75 Å². The Labute approximate surface area is 91.4 Å². The summed E-state index contributed by atoms with van der Waals surface area (Å²) in [6.07, 6.45) is 1.31. The molecular weight excluding hydrogens is 207 g/mol. The van der Waals surface area contributed by atoms with Crippen molar-refractivity contribution in [3.05, 3.63) is 47.9 Å². The molecule has 4 heteroatoms. The molecule has 0 fully saturated rings. The number of hydrogen-bond acceptors (Lipinski definition) is 3. The van der Waals surface area contributed by atoms with Crippen molar-refractivity contribution >= 4 is 0 Å². The quantitative estimate of drug-likeness (QED) is 0.793. The van der Waals surface area contributed by atoms with Crippen LogP contribution in [-0.2, 0) is 0 Å². The lowest BCUT2D eigenvalue weighted by molar-refractivity contribution is 0.475. The summed E-state index contributed by atoms with van der Waals surface area (Å²) in [5.41, 5.74) is 0.902. The summed E-state index contributed by atoms with van der Waals surface area (Å²) in [6, 6.07) is 8.98. The summed E-state index contributed by atoms with van der Waals surface area (Å²) in [7, 11) is 0. The molecule has 0 amide bonds. The molecule has 0 aliphatic rings. The van der Waals surface area contributed by atoms with E-state index < -0.39 is 5.82 Å². The number of aromatic nitrogens is 1. The van der Waals surface area contributed by atoms with Gasteiger partial charge in [0.05, 0.1) is 5.56 Å². The lowest BCUT2D eigenvalue weighted by Crippen LogP contribution is -1.90. The van der Waals surface area contributed by atoms with E-state index in [1.54, 1.807) is 12.1 Å². The van der Waals surface area contributed by atoms with Crippen LogP contribution in [0.3, 0.4) is 0 Å². The second kappa shape index (κ2) is 3.99. The van der Waals surface area contributed by atoms with E-state index in [0.29, 0.717) is 5.56 Å². The molecule has 0 bridgehead atoms. The molecule has 0 saturated carbocycles. The average Bonchev–Trinajstić information content (AvgIpc) is 2.30. The predicted molar refractivity (Wildman–Crippen MR) is 56.0 cm³/mol. The van der Waals surface area contributed by atoms with Gasteiger partial charge in [0.25, 0.3) is 0 Å². The van der Waals surface area contributed by atoms with Gasteiger partial charge in [-0.15, -0.1) is 0 Å². The highest BCUT2D eigenvalue weighted by atomic mass is 19.1. The maximum Gasteiger partial charge on any atom is 0.150 e. The number of aromatic hydroxyl groups is 1. The maximum absolute atomic E-state index is 13.5. The molecule has 0 unspecified atom stereocenters. The molecule has 0 aliphatic heterocycles. The molecule has 0 atom stereocenters. The number of phenols is 1. The number of hydrogen-bond donors (Lipinski definition) is 1. The van der Waals surface area contributed by atoms with Crippen molar-refractivity contribution in [2.75, 3.05) is 0 Å². The third-order valence-corrected chi connectivity index (χ3v) is 2.11. The SMILES string of the molecule is N#Cc1cnc(-c2ccc(O)cc2)c(F)c1. The molecule has 3 nitrogen and oxygen atoms in total. The zero-order valence-corrected chi connectivity index (χ0v) is 8.18. The number of halogens is 1. The second-order valence-corrected chi connectivity index (χ2v) is 3.21. The van der Waals surface area contributed by atoms with Gasteiger partial charge in [-0.2, -0.15) is 5.26 Å². The minimum atomic E-state index is -0.551. The van der Waals surface area contributed by atoms with Gasteiger partial charge in [0.2, 0.25) is 0 Å². The van der Waals surface area contributed by atoms with E-state index in [9.17, 15) is 4.39 Å². The first-order valence-electron chi connectivity index (χ1n) is 4.56. The zero-order chi connectivity index (χ0) is 11.5. The fourth-order valence-corrected chi connectivity index (χ4v) is 1.33. The van der Waals surface area contributed by atoms with Crippen molar-refractivity contribution in [3.8, 4) is 23.1 Å². The highest BCUT2D eigenvalue weighted by Crippen LogP contribution is 2.22. The zero-order valence-electron chi connectivity index (χ0n) is 8.18. The molecule has 2 aromatic rings. The summed E-state index contributed by atoms with van der Waals surface area (Å²) in [6.45, 7) is 0. The first kappa shape index (κ1) is 10.1. The van der Waals surface area contributed by atoms with E-state index in [-0.39, 0.29) is 17.0 Å². The summed E-state index contributed by atoms with van der Waals surface area (Å²) >= 11 is 0. The highest BCUT2D eigenvalue weighted by Gasteiger charge is 2.07. The van der Waals surface area contributed by atoms with Crippen LogP contribution >= 0.6 is 0 Å². The fourth-order valence-electron chi connectivity index (χ4n) is 1.33. The Bertz CT molecular complexity index is 558. The van der Waals surface area contributed by atoms with Crippen LogP contribution in [0.1, 0.15) is 5.56 Å². The molecule has 1 N–H and O–H groups in total. The molecule has 1 aromatic heterocycles. The van der Waals surface area contributed by atoms with Gasteiger partial charge in [-0.3, -0.25) is 4.98 Å². The molecule has 0 aliphatic carbocycles. The Morgan fingerprint density at radius 3 is 2.50 bits per heavy atom. The monoisotopic (exact) mass is 214 g/mol. The van der Waals surface area contributed by atoms with Crippen LogP contribution in [-0.4, -0.2) is 10.1 Å². The van der Waals surface area contributed by atoms with Gasteiger partial charge in [-0.25, -0.2) is 4.39 Å². The number of pyridine rings is 1. The van der Waals surface area contributed by atoms with Crippen LogP contribution in [0.2, 0.25) is 0 Å². The van der Waals surface area contributed by atoms with Crippen molar-refractivity contribution < 1.29 is 9.50 Å². The van der Waals surface area contributed by atoms with Crippen LogP contribution in [0.25, 0.3) is 11.3 Å². The van der Waals surface area contributed by atoms with E-state index in [4.69, 9.17) is 10.4 Å². The van der Waals surface area contributed by atoms with E-state index in [0.717, 1.165) is 6.07 Å². The third-order valence-electron chi connectivity index (χ3n) is 2.11. The maximum atomic E-state index is 13.5. The lowest BCUT2D eigenvalue weighted by Gasteiger charge is -2.02. The molecule has 2 rings (SSSR count). The second-order valence-electron chi connectivity index (χ2n) is 3.21. The largest absolute Gasteiger partial charge is 0.508 e. The number of rotatable bonds is 1. The Hall–Kier alpha value is -2.41. The number of phenolic OH excluding ortho intramolecular Hbond substituents is 1. The molecular formula is C12H7FN2O. The molecule has 1 heterocycles. The van der Waals surface area contributed by atoms with Crippen molar-refractivity contribution in [2.45, 2.75) is 0 Å². The Balaban J connectivity index is 2.49. The Kier molecular flexibility index (Phi) is 2.52. The summed E-state index contributed by atoms with van der Waals surface area (Å²) < 4.78 is 13.5. The van der Waals surface area contributed by atoms with Crippen LogP contribution in [0.4, 0.5) is 4.39 Å². The standard InChI is InChI=1S/C12H7FN2O/c13-11-5-8(6-14)7-15-12(11)9-1-3-10(16)4-2-9/h1-5,7,16H. The Morgan fingerprint density at radius 2 is 1.94 bits per heavy atom. The highest BCUT2D eigenvalue weighted by molar-refractivity contribution is 5.61. The van der Waals surface area contributed by atoms with Gasteiger partial charge in [-0.1, -0.05) is 0 Å². The molecule has 1 aromatic carbocycles. The van der Waals surface area contributed by atoms with E-state index in [1.165, 1.54) is 18.3 Å². The van der Waals surface area contributed by atoms with Gasteiger partial charge in [-0.05, 0) is 30.3 Å². The normalized spacial score (nSPS) is 9.75. The molecule has 78 valence electrons. The van der Waals surface area contributed by atoms with Crippen LogP contribution in [0.15, 0.2) is 36.5 Å². The van der Waals surface area contributed by atoms with Gasteiger partial charge >= 0.3 is 0 Å². The molecule has 0 spiro atoms. The van der Waals surface area contributed by atoms with Gasteiger partial charge in [0.15, 0.2) is 5.82 Å². The smallest absolute Gasteiger partial charge is 0.150 e. The fraction of sp³-hybridized carbons (Fsp3) is 0. The summed E-state index contributed by atoms with van der Waals surface area (Å²) in [5, 5.41) is 17.7. The van der Waals surface area contributed by atoms with Crippen LogP contribution in [0, 0.1) is 17.1 Å². The van der Waals surface area contributed by atoms with E-state index in [2.05, 4.69) is 4.98 Å². The first-order chi connectivity index (χ1) is 7.70. The van der Waals surface area contributed by atoms with Crippen molar-refractivity contribution in [1.82, 2.24) is 4.98 Å². The first-order valence-corrected chi connectivity index (χ1v) is 4.56. The average molecular weight is 214 g/mol. The van der Waals surface area contributed by atoms with E-state index in [1.807, 2.05) is 6.07 Å². The van der Waals surface area contributed by atoms with Crippen molar-refractivity contribution in [2.24, 2.45) is 0 Å². The lowest BCUT2D eigenvalue weighted by atomic mass is 10.1. The van der Waals surface area contributed by atoms with E-state index >= 15 is 0 Å². The predicted octanol–water partition coefficient (Wildman–Crippen LogP) is 2.46. The minimum absolute atomic E-state index is 0.109. The number of nitriles is 1. The van der Waals surface area contributed by atoms with Crippen molar-refractivity contribution in [3.63, 3.8) is 0 Å². The summed E-state index contributed by atoms with van der Waals surface area (Å²) in [4.78, 5) is 3.87. The Morgan fingerprint density at radius 1 is 1.25 bits per heavy atom. The third kappa shape index (κ3) is 1.84. The number of nitrogens with zero attached hydrogens (tertiary/aromatic N) is 2. The minimum Gasteiger partial charge on any atom is -0.508 e. The van der Waals surface area contributed by atoms with Crippen LogP contribution < -0.4 is 0 Å². The summed E-state index contributed by atoms with van der Waals surface area (Å²) in [5.74, 6) is -0.442. The molecule has 16 heavy (non-hydrogen) atoms. The topological polar surface area (TPSA) is 56.9 Å². The molecule has 0 radical (unpaired) electrons. The van der Waals surface area contributed by atoms with Gasteiger partial charge in [0, 0.05) is 11.8 Å². The van der Waals surface area contributed by atoms with Gasteiger partial charge in [0.1, 0.15) is 17.5 Å². The van der Waals surface area contributed by atoms with Gasteiger partial charge < -0.3 is 5.11 Å². The molecule has 0 saturated heterocycles.